The Balaban J connectivity index is 1.64. The molecule has 1 atom stereocenters. The second-order valence-electron chi connectivity index (χ2n) is 6.96. The summed E-state index contributed by atoms with van der Waals surface area (Å²) in [6.45, 7) is 2.11. The van der Waals surface area contributed by atoms with Crippen LogP contribution in [0.4, 0.5) is 4.79 Å². The fraction of sp³-hybridized carbons (Fsp3) is 0.286. The lowest BCUT2D eigenvalue weighted by molar-refractivity contribution is -0.132. The minimum absolute atomic E-state index is 0.346. The summed E-state index contributed by atoms with van der Waals surface area (Å²) < 4.78 is 5.04. The number of hydrazine groups is 1. The Kier molecular flexibility index (Phi) is 5.75. The first-order valence-corrected chi connectivity index (χ1v) is 9.02. The van der Waals surface area contributed by atoms with Crippen LogP contribution in [0, 0.1) is 0 Å². The standard InChI is InChI=1S/C21H23N3O4/c1-21(13-12-15-6-4-3-5-7-15)19(26)24(20(27)22-21)23-18(25)17-10-8-16(9-11-17)14-28-2/h3-11H,12-14H2,1-2H3,(H,22,27)(H,23,25)/t21-/m1/s1. The molecule has 2 aromatic carbocycles. The van der Waals surface area contributed by atoms with Crippen molar-refractivity contribution in [2.45, 2.75) is 31.9 Å². The van der Waals surface area contributed by atoms with Gasteiger partial charge in [-0.15, -0.1) is 0 Å². The van der Waals surface area contributed by atoms with E-state index in [0.717, 1.165) is 16.1 Å². The third kappa shape index (κ3) is 4.20. The van der Waals surface area contributed by atoms with E-state index in [0.29, 0.717) is 25.0 Å². The molecule has 0 bridgehead atoms. The molecule has 1 fully saturated rings. The van der Waals surface area contributed by atoms with E-state index in [1.54, 1.807) is 38.3 Å². The molecule has 146 valence electrons. The highest BCUT2D eigenvalue weighted by molar-refractivity contribution is 6.09. The number of rotatable bonds is 7. The number of carbonyl (C=O) groups excluding carboxylic acids is 3. The minimum atomic E-state index is -1.07. The number of aryl methyl sites for hydroxylation is 1. The van der Waals surface area contributed by atoms with Gasteiger partial charge >= 0.3 is 6.03 Å². The number of ether oxygens (including phenoxy) is 1. The molecule has 1 heterocycles. The van der Waals surface area contributed by atoms with Crippen molar-refractivity contribution in [3.05, 3.63) is 71.3 Å². The molecular formula is C21H23N3O4. The topological polar surface area (TPSA) is 87.7 Å². The normalized spacial score (nSPS) is 18.9. The molecule has 28 heavy (non-hydrogen) atoms. The first kappa shape index (κ1) is 19.6. The monoisotopic (exact) mass is 381 g/mol. The Morgan fingerprint density at radius 3 is 2.39 bits per heavy atom. The second kappa shape index (κ2) is 8.22. The summed E-state index contributed by atoms with van der Waals surface area (Å²) >= 11 is 0. The van der Waals surface area contributed by atoms with Gasteiger partial charge in [-0.25, -0.2) is 4.79 Å². The number of benzene rings is 2. The van der Waals surface area contributed by atoms with Crippen LogP contribution in [0.1, 0.15) is 34.8 Å². The van der Waals surface area contributed by atoms with E-state index in [1.807, 2.05) is 30.3 Å². The summed E-state index contributed by atoms with van der Waals surface area (Å²) in [5, 5.41) is 3.45. The molecule has 0 aliphatic carbocycles. The highest BCUT2D eigenvalue weighted by Gasteiger charge is 2.48. The number of hydrogen-bond acceptors (Lipinski definition) is 4. The van der Waals surface area contributed by atoms with Gasteiger partial charge in [0, 0.05) is 12.7 Å². The zero-order valence-corrected chi connectivity index (χ0v) is 15.9. The number of methoxy groups -OCH3 is 1. The van der Waals surface area contributed by atoms with Crippen molar-refractivity contribution in [2.75, 3.05) is 7.11 Å². The van der Waals surface area contributed by atoms with Gasteiger partial charge in [-0.3, -0.25) is 15.0 Å². The summed E-state index contributed by atoms with van der Waals surface area (Å²) in [4.78, 5) is 37.5. The van der Waals surface area contributed by atoms with Gasteiger partial charge in [-0.2, -0.15) is 5.01 Å². The van der Waals surface area contributed by atoms with Crippen molar-refractivity contribution in [3.63, 3.8) is 0 Å². The zero-order chi connectivity index (χ0) is 20.1. The smallest absolute Gasteiger partial charge is 0.344 e. The van der Waals surface area contributed by atoms with Gasteiger partial charge in [-0.05, 0) is 43.0 Å². The highest BCUT2D eigenvalue weighted by atomic mass is 16.5. The summed E-state index contributed by atoms with van der Waals surface area (Å²) in [6, 6.07) is 15.8. The van der Waals surface area contributed by atoms with Crippen LogP contribution in [-0.4, -0.2) is 35.5 Å². The largest absolute Gasteiger partial charge is 0.380 e. The molecule has 4 amide bonds. The maximum Gasteiger partial charge on any atom is 0.344 e. The molecule has 3 rings (SSSR count). The molecule has 0 radical (unpaired) electrons. The molecule has 2 aromatic rings. The molecular weight excluding hydrogens is 358 g/mol. The average Bonchev–Trinajstić information content (AvgIpc) is 2.91. The molecule has 0 aromatic heterocycles. The van der Waals surface area contributed by atoms with Gasteiger partial charge in [0.1, 0.15) is 5.54 Å². The molecule has 2 N–H and O–H groups in total. The molecule has 1 aliphatic heterocycles. The lowest BCUT2D eigenvalue weighted by Gasteiger charge is -2.21. The predicted molar refractivity (Wildman–Crippen MR) is 103 cm³/mol. The molecule has 0 spiro atoms. The highest BCUT2D eigenvalue weighted by Crippen LogP contribution is 2.22. The Morgan fingerprint density at radius 1 is 1.07 bits per heavy atom. The summed E-state index contributed by atoms with van der Waals surface area (Å²) in [5.74, 6) is -1.00. The number of nitrogens with zero attached hydrogens (tertiary/aromatic N) is 1. The van der Waals surface area contributed by atoms with Crippen LogP contribution in [0.25, 0.3) is 0 Å². The molecule has 1 saturated heterocycles. The fourth-order valence-electron chi connectivity index (χ4n) is 3.08. The van der Waals surface area contributed by atoms with E-state index in [1.165, 1.54) is 0 Å². The third-order valence-corrected chi connectivity index (χ3v) is 4.76. The van der Waals surface area contributed by atoms with Crippen LogP contribution in [0.15, 0.2) is 54.6 Å². The first-order chi connectivity index (χ1) is 13.4. The van der Waals surface area contributed by atoms with E-state index < -0.39 is 23.4 Å². The van der Waals surface area contributed by atoms with Crippen LogP contribution >= 0.6 is 0 Å². The lowest BCUT2D eigenvalue weighted by atomic mass is 9.93. The van der Waals surface area contributed by atoms with E-state index in [9.17, 15) is 14.4 Å². The molecule has 0 unspecified atom stereocenters. The molecule has 7 heteroatoms. The third-order valence-electron chi connectivity index (χ3n) is 4.76. The summed E-state index contributed by atoms with van der Waals surface area (Å²) in [6.07, 6.45) is 1.06. The van der Waals surface area contributed by atoms with E-state index >= 15 is 0 Å². The summed E-state index contributed by atoms with van der Waals surface area (Å²) in [7, 11) is 1.59. The maximum atomic E-state index is 12.8. The number of hydrogen-bond donors (Lipinski definition) is 2. The Bertz CT molecular complexity index is 867. The molecule has 0 saturated carbocycles. The van der Waals surface area contributed by atoms with Crippen molar-refractivity contribution in [1.82, 2.24) is 15.8 Å². The Hall–Kier alpha value is -3.19. The fourth-order valence-corrected chi connectivity index (χ4v) is 3.08. The molecule has 7 nitrogen and oxygen atoms in total. The van der Waals surface area contributed by atoms with Gasteiger partial charge in [0.05, 0.1) is 6.61 Å². The Labute approximate surface area is 163 Å². The van der Waals surface area contributed by atoms with Crippen LogP contribution in [0.5, 0.6) is 0 Å². The van der Waals surface area contributed by atoms with Crippen molar-refractivity contribution in [2.24, 2.45) is 0 Å². The first-order valence-electron chi connectivity index (χ1n) is 9.02. The quantitative estimate of drug-likeness (QED) is 0.721. The van der Waals surface area contributed by atoms with Crippen LogP contribution in [0.3, 0.4) is 0 Å². The summed E-state index contributed by atoms with van der Waals surface area (Å²) in [5.41, 5.74) is 3.67. The number of amides is 4. The van der Waals surface area contributed by atoms with Gasteiger partial charge in [0.15, 0.2) is 0 Å². The van der Waals surface area contributed by atoms with Gasteiger partial charge in [0.25, 0.3) is 11.8 Å². The van der Waals surface area contributed by atoms with Gasteiger partial charge in [-0.1, -0.05) is 42.5 Å². The van der Waals surface area contributed by atoms with E-state index in [4.69, 9.17) is 4.74 Å². The van der Waals surface area contributed by atoms with Gasteiger partial charge in [0.2, 0.25) is 0 Å². The average molecular weight is 381 g/mol. The second-order valence-corrected chi connectivity index (χ2v) is 6.96. The zero-order valence-electron chi connectivity index (χ0n) is 15.9. The van der Waals surface area contributed by atoms with E-state index in [-0.39, 0.29) is 0 Å². The number of nitrogens with one attached hydrogen (secondary N) is 2. The lowest BCUT2D eigenvalue weighted by Crippen LogP contribution is -2.48. The van der Waals surface area contributed by atoms with Crippen LogP contribution < -0.4 is 10.7 Å². The maximum absolute atomic E-state index is 12.8. The number of urea groups is 1. The van der Waals surface area contributed by atoms with Crippen molar-refractivity contribution in [1.29, 1.82) is 0 Å². The van der Waals surface area contributed by atoms with Crippen molar-refractivity contribution in [3.8, 4) is 0 Å². The van der Waals surface area contributed by atoms with Crippen molar-refractivity contribution < 1.29 is 19.1 Å². The SMILES string of the molecule is COCc1ccc(C(=O)NN2C(=O)N[C@](C)(CCc3ccccc3)C2=O)cc1. The number of imide groups is 1. The van der Waals surface area contributed by atoms with Crippen molar-refractivity contribution >= 4 is 17.8 Å². The van der Waals surface area contributed by atoms with Gasteiger partial charge < -0.3 is 10.1 Å². The molecule has 1 aliphatic rings. The predicted octanol–water partition coefficient (Wildman–Crippen LogP) is 2.42. The van der Waals surface area contributed by atoms with Crippen LogP contribution in [-0.2, 0) is 22.6 Å². The van der Waals surface area contributed by atoms with E-state index in [2.05, 4.69) is 10.7 Å². The minimum Gasteiger partial charge on any atom is -0.380 e. The number of carbonyl (C=O) groups is 3. The Morgan fingerprint density at radius 2 is 1.75 bits per heavy atom. The van der Waals surface area contributed by atoms with Crippen LogP contribution in [0.2, 0.25) is 0 Å².